The Labute approximate surface area is 255 Å². The monoisotopic (exact) mass is 597 g/mol. The van der Waals surface area contributed by atoms with E-state index in [1.807, 2.05) is 49.5 Å². The first-order chi connectivity index (χ1) is 21.3. The number of anilines is 1. The summed E-state index contributed by atoms with van der Waals surface area (Å²) in [5.74, 6) is 0.487. The summed E-state index contributed by atoms with van der Waals surface area (Å²) < 4.78 is 31.2. The lowest BCUT2D eigenvalue weighted by molar-refractivity contribution is -0.118. The second-order valence-corrected chi connectivity index (χ2v) is 10.7. The molecular formula is C32H34BF2N7O2. The number of H-pyrrole nitrogens is 1. The van der Waals surface area contributed by atoms with Gasteiger partial charge in [0.2, 0.25) is 5.91 Å². The van der Waals surface area contributed by atoms with Crippen molar-refractivity contribution in [3.8, 4) is 5.82 Å². The Morgan fingerprint density at radius 3 is 2.59 bits per heavy atom. The van der Waals surface area contributed by atoms with Crippen molar-refractivity contribution in [2.75, 3.05) is 11.9 Å². The number of carbonyl (C=O) groups is 1. The van der Waals surface area contributed by atoms with Crippen LogP contribution in [-0.2, 0) is 11.3 Å². The fourth-order valence-electron chi connectivity index (χ4n) is 5.16. The number of amidine groups is 1. The molecule has 0 fully saturated rings. The maximum absolute atomic E-state index is 14.8. The lowest BCUT2D eigenvalue weighted by Crippen LogP contribution is -2.34. The van der Waals surface area contributed by atoms with E-state index < -0.39 is 19.9 Å². The Morgan fingerprint density at radius 1 is 1.11 bits per heavy atom. The van der Waals surface area contributed by atoms with E-state index in [1.54, 1.807) is 41.1 Å². The Balaban J connectivity index is 1.56. The van der Waals surface area contributed by atoms with Gasteiger partial charge in [-0.2, -0.15) is 0 Å². The number of nitrogens with one attached hydrogen (secondary N) is 2. The molecule has 0 aliphatic carbocycles. The number of rotatable bonds is 11. The molecule has 1 amide bonds. The van der Waals surface area contributed by atoms with E-state index in [0.717, 1.165) is 34.5 Å². The number of aryl methyl sites for hydroxylation is 1. The largest absolute Gasteiger partial charge is 0.679 e. The minimum absolute atomic E-state index is 0.153. The number of aromatic amines is 1. The Hall–Kier alpha value is -4.84. The van der Waals surface area contributed by atoms with Crippen LogP contribution in [0, 0.1) is 6.92 Å². The summed E-state index contributed by atoms with van der Waals surface area (Å²) in [6, 6.07) is 18.1. The molecule has 0 saturated heterocycles. The maximum atomic E-state index is 14.8. The number of hydrogen-bond donors (Lipinski definition) is 3. The normalized spacial score (nSPS) is 15.6. The predicted molar refractivity (Wildman–Crippen MR) is 168 cm³/mol. The van der Waals surface area contributed by atoms with E-state index in [9.17, 15) is 13.4 Å². The molecule has 5 rings (SSSR count). The topological polar surface area (TPSA) is 111 Å². The number of halogens is 2. The first-order valence-electron chi connectivity index (χ1n) is 14.5. The average Bonchev–Trinajstić information content (AvgIpc) is 3.78. The van der Waals surface area contributed by atoms with Crippen molar-refractivity contribution in [3.05, 3.63) is 113 Å². The SMILES string of the molecule is CCCC(C)c1cn(-c2ccc(C(=C3C=CC(=NCc4ccccc4C)N3B(F)F)c3ccc(NC(=O)CO)cc3)[nH]2)nn1. The summed E-state index contributed by atoms with van der Waals surface area (Å²) in [5.41, 5.74) is 5.31. The van der Waals surface area contributed by atoms with Gasteiger partial charge in [-0.25, -0.2) is 4.68 Å². The van der Waals surface area contributed by atoms with Gasteiger partial charge >= 0.3 is 7.40 Å². The van der Waals surface area contributed by atoms with E-state index >= 15 is 0 Å². The molecule has 1 atom stereocenters. The fraction of sp³-hybridized carbons (Fsp3) is 0.250. The van der Waals surface area contributed by atoms with Crippen LogP contribution in [0.5, 0.6) is 0 Å². The maximum Gasteiger partial charge on any atom is 0.679 e. The lowest BCUT2D eigenvalue weighted by Gasteiger charge is -2.22. The molecule has 3 N–H and O–H groups in total. The number of aliphatic hydroxyl groups is 1. The van der Waals surface area contributed by atoms with Crippen molar-refractivity contribution in [3.63, 3.8) is 0 Å². The van der Waals surface area contributed by atoms with E-state index in [0.29, 0.717) is 28.3 Å². The third kappa shape index (κ3) is 6.70. The van der Waals surface area contributed by atoms with Gasteiger partial charge in [0.1, 0.15) is 18.3 Å². The number of allylic oxidation sites excluding steroid dienone is 1. The quantitative estimate of drug-likeness (QED) is 0.187. The second-order valence-electron chi connectivity index (χ2n) is 10.7. The molecule has 2 aromatic carbocycles. The Morgan fingerprint density at radius 2 is 1.89 bits per heavy atom. The molecule has 12 heteroatoms. The number of amides is 1. The summed E-state index contributed by atoms with van der Waals surface area (Å²) in [6.07, 6.45) is 7.13. The molecule has 2 aromatic heterocycles. The van der Waals surface area contributed by atoms with Crippen molar-refractivity contribution in [2.24, 2.45) is 4.99 Å². The third-order valence-corrected chi connectivity index (χ3v) is 7.55. The van der Waals surface area contributed by atoms with Crippen molar-refractivity contribution < 1.29 is 18.5 Å². The summed E-state index contributed by atoms with van der Waals surface area (Å²) in [5, 5.41) is 20.3. The van der Waals surface area contributed by atoms with Crippen molar-refractivity contribution in [2.45, 2.75) is 46.1 Å². The third-order valence-electron chi connectivity index (χ3n) is 7.55. The standard InChI is InChI=1S/C32H34BF2N7O2/c1-4-7-22(3)27-19-41(40-39-27)30-16-14-26(38-30)32(23-10-12-25(13-11-23)37-31(44)20-43)28-15-17-29(42(28)33(34)35)36-18-24-9-6-5-8-21(24)2/h5-6,8-17,19,22,38,43H,4,7,18,20H2,1-3H3,(H,37,44). The molecule has 0 bridgehead atoms. The predicted octanol–water partition coefficient (Wildman–Crippen LogP) is 5.89. The first kappa shape index (κ1) is 30.6. The molecule has 4 aromatic rings. The van der Waals surface area contributed by atoms with Crippen molar-refractivity contribution in [1.29, 1.82) is 0 Å². The van der Waals surface area contributed by atoms with Crippen LogP contribution >= 0.6 is 0 Å². The first-order valence-corrected chi connectivity index (χ1v) is 14.5. The smallest absolute Gasteiger partial charge is 0.387 e. The highest BCUT2D eigenvalue weighted by atomic mass is 19.2. The fourth-order valence-corrected chi connectivity index (χ4v) is 5.16. The number of carbonyl (C=O) groups excluding carboxylic acids is 1. The summed E-state index contributed by atoms with van der Waals surface area (Å²) in [4.78, 5) is 20.5. The van der Waals surface area contributed by atoms with Gasteiger partial charge in [-0.15, -0.1) is 5.10 Å². The van der Waals surface area contributed by atoms with E-state index in [2.05, 4.69) is 39.5 Å². The van der Waals surface area contributed by atoms with Gasteiger partial charge < -0.3 is 20.2 Å². The van der Waals surface area contributed by atoms with Gasteiger partial charge in [-0.1, -0.05) is 61.9 Å². The number of nitrogens with zero attached hydrogens (tertiary/aromatic N) is 5. The van der Waals surface area contributed by atoms with Crippen LogP contribution in [0.2, 0.25) is 0 Å². The molecular weight excluding hydrogens is 563 g/mol. The van der Waals surface area contributed by atoms with Crippen molar-refractivity contribution in [1.82, 2.24) is 24.8 Å². The minimum atomic E-state index is -2.86. The van der Waals surface area contributed by atoms with Crippen LogP contribution < -0.4 is 5.32 Å². The van der Waals surface area contributed by atoms with Crippen LogP contribution in [0.4, 0.5) is 14.3 Å². The molecule has 0 radical (unpaired) electrons. The minimum Gasteiger partial charge on any atom is -0.387 e. The lowest BCUT2D eigenvalue weighted by atomic mass is 9.98. The highest BCUT2D eigenvalue weighted by molar-refractivity contribution is 6.46. The summed E-state index contributed by atoms with van der Waals surface area (Å²) in [6.45, 7) is 5.81. The number of aliphatic imine (C=N–C) groups is 1. The Kier molecular flexibility index (Phi) is 9.49. The highest BCUT2D eigenvalue weighted by Gasteiger charge is 2.35. The molecule has 1 aliphatic rings. The van der Waals surface area contributed by atoms with Crippen LogP contribution in [0.25, 0.3) is 11.4 Å². The van der Waals surface area contributed by atoms with Crippen molar-refractivity contribution >= 4 is 30.4 Å². The molecule has 9 nitrogen and oxygen atoms in total. The van der Waals surface area contributed by atoms with Gasteiger partial charge in [-0.05, 0) is 66.5 Å². The molecule has 3 heterocycles. The molecule has 1 aliphatic heterocycles. The Bertz CT molecular complexity index is 1710. The molecule has 0 saturated carbocycles. The molecule has 44 heavy (non-hydrogen) atoms. The number of hydrogen-bond acceptors (Lipinski definition) is 5. The van der Waals surface area contributed by atoms with Crippen LogP contribution in [0.15, 0.2) is 89.7 Å². The molecule has 1 unspecified atom stereocenters. The van der Waals surface area contributed by atoms with E-state index in [1.165, 1.54) is 0 Å². The zero-order chi connectivity index (χ0) is 31.2. The van der Waals surface area contributed by atoms with Gasteiger partial charge in [-0.3, -0.25) is 18.4 Å². The highest BCUT2D eigenvalue weighted by Crippen LogP contribution is 2.34. The second kappa shape index (κ2) is 13.6. The number of aliphatic hydroxyl groups excluding tert-OH is 1. The van der Waals surface area contributed by atoms with Gasteiger partial charge in [0, 0.05) is 28.6 Å². The van der Waals surface area contributed by atoms with Gasteiger partial charge in [0.25, 0.3) is 0 Å². The van der Waals surface area contributed by atoms with Crippen LogP contribution in [0.3, 0.4) is 0 Å². The van der Waals surface area contributed by atoms with E-state index in [-0.39, 0.29) is 24.0 Å². The summed E-state index contributed by atoms with van der Waals surface area (Å²) in [7, 11) is -2.86. The van der Waals surface area contributed by atoms with Gasteiger partial charge in [0.05, 0.1) is 18.4 Å². The van der Waals surface area contributed by atoms with Crippen LogP contribution in [0.1, 0.15) is 60.7 Å². The molecule has 0 spiro atoms. The zero-order valence-electron chi connectivity index (χ0n) is 24.8. The van der Waals surface area contributed by atoms with Crippen LogP contribution in [-0.4, -0.2) is 55.6 Å². The average molecular weight is 597 g/mol. The van der Waals surface area contributed by atoms with Gasteiger partial charge in [0.15, 0.2) is 0 Å². The van der Waals surface area contributed by atoms with E-state index in [4.69, 9.17) is 5.11 Å². The number of benzene rings is 2. The molecule has 226 valence electrons. The summed E-state index contributed by atoms with van der Waals surface area (Å²) >= 11 is 0. The zero-order valence-corrected chi connectivity index (χ0v) is 24.8. The number of aromatic nitrogens is 4.